The van der Waals surface area contributed by atoms with Gasteiger partial charge in [-0.05, 0) is 70.2 Å². The second kappa shape index (κ2) is 6.53. The van der Waals surface area contributed by atoms with Crippen LogP contribution in [0.2, 0.25) is 0 Å². The smallest absolute Gasteiger partial charge is 0.182 e. The summed E-state index contributed by atoms with van der Waals surface area (Å²) in [6.07, 6.45) is 4.80. The summed E-state index contributed by atoms with van der Waals surface area (Å²) in [5.74, 6) is 0.741. The van der Waals surface area contributed by atoms with Crippen LogP contribution in [0.1, 0.15) is 25.7 Å². The molecule has 1 unspecified atom stereocenters. The molecule has 7 heteroatoms. The Bertz CT molecular complexity index is 609. The van der Waals surface area contributed by atoms with Gasteiger partial charge in [0.2, 0.25) is 0 Å². The van der Waals surface area contributed by atoms with Crippen molar-refractivity contribution in [3.8, 4) is 11.4 Å². The maximum absolute atomic E-state index is 5.92. The van der Waals surface area contributed by atoms with E-state index in [4.69, 9.17) is 10.5 Å². The molecule has 2 N–H and O–H groups in total. The zero-order valence-electron chi connectivity index (χ0n) is 11.7. The molecule has 6 nitrogen and oxygen atoms in total. The van der Waals surface area contributed by atoms with Crippen LogP contribution in [-0.4, -0.2) is 32.9 Å². The monoisotopic (exact) mass is 351 g/mol. The number of aryl methyl sites for hydroxylation is 1. The number of hydrogen-bond acceptors (Lipinski definition) is 5. The van der Waals surface area contributed by atoms with Crippen LogP contribution in [0, 0.1) is 0 Å². The van der Waals surface area contributed by atoms with Crippen LogP contribution in [0.25, 0.3) is 11.4 Å². The van der Waals surface area contributed by atoms with Gasteiger partial charge in [-0.25, -0.2) is 4.68 Å². The Morgan fingerprint density at radius 1 is 1.38 bits per heavy atom. The predicted octanol–water partition coefficient (Wildman–Crippen LogP) is 2.64. The van der Waals surface area contributed by atoms with Crippen LogP contribution in [0.4, 0.5) is 5.69 Å². The van der Waals surface area contributed by atoms with Crippen molar-refractivity contribution < 1.29 is 4.74 Å². The third-order valence-corrected chi connectivity index (χ3v) is 4.45. The summed E-state index contributed by atoms with van der Waals surface area (Å²) >= 11 is 3.39. The van der Waals surface area contributed by atoms with E-state index in [1.807, 2.05) is 22.9 Å². The number of benzene rings is 1. The van der Waals surface area contributed by atoms with Gasteiger partial charge < -0.3 is 10.5 Å². The molecule has 1 aromatic carbocycles. The number of nitrogens with two attached hydrogens (primary N) is 1. The minimum atomic E-state index is 0.325. The van der Waals surface area contributed by atoms with Crippen molar-refractivity contribution in [3.05, 3.63) is 22.7 Å². The molecule has 1 aliphatic rings. The van der Waals surface area contributed by atoms with E-state index in [2.05, 4.69) is 31.5 Å². The van der Waals surface area contributed by atoms with Crippen LogP contribution in [0.3, 0.4) is 0 Å². The Kier molecular flexibility index (Phi) is 4.50. The molecule has 1 fully saturated rings. The lowest BCUT2D eigenvalue weighted by molar-refractivity contribution is 0.00828. The molecule has 0 bridgehead atoms. The molecule has 21 heavy (non-hydrogen) atoms. The van der Waals surface area contributed by atoms with Crippen molar-refractivity contribution in [2.75, 3.05) is 12.3 Å². The van der Waals surface area contributed by atoms with Crippen molar-refractivity contribution in [1.29, 1.82) is 0 Å². The second-order valence-corrected chi connectivity index (χ2v) is 6.09. The lowest BCUT2D eigenvalue weighted by Crippen LogP contribution is -2.21. The van der Waals surface area contributed by atoms with Gasteiger partial charge in [-0.1, -0.05) is 0 Å². The summed E-state index contributed by atoms with van der Waals surface area (Å²) in [5, 5.41) is 12.0. The maximum atomic E-state index is 5.92. The molecule has 1 aromatic heterocycles. The van der Waals surface area contributed by atoms with E-state index < -0.39 is 0 Å². The molecule has 1 atom stereocenters. The van der Waals surface area contributed by atoms with Gasteiger partial charge in [-0.2, -0.15) is 0 Å². The molecule has 1 aliphatic heterocycles. The van der Waals surface area contributed by atoms with Gasteiger partial charge in [0.1, 0.15) is 0 Å². The Morgan fingerprint density at radius 3 is 3.05 bits per heavy atom. The fourth-order valence-corrected chi connectivity index (χ4v) is 2.79. The summed E-state index contributed by atoms with van der Waals surface area (Å²) < 4.78 is 8.44. The first-order chi connectivity index (χ1) is 10.2. The molecule has 3 rings (SSSR count). The first-order valence-corrected chi connectivity index (χ1v) is 7.96. The summed E-state index contributed by atoms with van der Waals surface area (Å²) in [5.41, 5.74) is 7.52. The van der Waals surface area contributed by atoms with E-state index in [1.165, 1.54) is 12.8 Å². The van der Waals surface area contributed by atoms with Crippen LogP contribution in [-0.2, 0) is 11.3 Å². The van der Waals surface area contributed by atoms with Gasteiger partial charge in [0.25, 0.3) is 0 Å². The summed E-state index contributed by atoms with van der Waals surface area (Å²) in [6.45, 7) is 1.62. The van der Waals surface area contributed by atoms with Crippen molar-refractivity contribution in [1.82, 2.24) is 20.2 Å². The Morgan fingerprint density at radius 2 is 2.29 bits per heavy atom. The molecule has 2 aromatic rings. The number of hydrogen-bond donors (Lipinski definition) is 1. The molecule has 0 saturated carbocycles. The largest absolute Gasteiger partial charge is 0.398 e. The third kappa shape index (κ3) is 3.41. The fourth-order valence-electron chi connectivity index (χ4n) is 2.55. The number of nitrogens with zero attached hydrogens (tertiary/aromatic N) is 4. The Balaban J connectivity index is 1.72. The highest BCUT2D eigenvalue weighted by Gasteiger charge is 2.16. The maximum Gasteiger partial charge on any atom is 0.182 e. The number of aromatic nitrogens is 4. The normalized spacial score (nSPS) is 18.8. The van der Waals surface area contributed by atoms with E-state index in [0.717, 1.165) is 41.9 Å². The lowest BCUT2D eigenvalue weighted by Gasteiger charge is -2.22. The zero-order valence-corrected chi connectivity index (χ0v) is 13.3. The van der Waals surface area contributed by atoms with E-state index in [1.54, 1.807) is 0 Å². The summed E-state index contributed by atoms with van der Waals surface area (Å²) in [4.78, 5) is 0. The average molecular weight is 352 g/mol. The highest BCUT2D eigenvalue weighted by Crippen LogP contribution is 2.26. The van der Waals surface area contributed by atoms with E-state index in [0.29, 0.717) is 11.8 Å². The van der Waals surface area contributed by atoms with Gasteiger partial charge in [0.15, 0.2) is 5.82 Å². The quantitative estimate of drug-likeness (QED) is 0.856. The zero-order chi connectivity index (χ0) is 14.7. The molecule has 1 saturated heterocycles. The van der Waals surface area contributed by atoms with Gasteiger partial charge in [-0.3, -0.25) is 0 Å². The Hall–Kier alpha value is -1.47. The summed E-state index contributed by atoms with van der Waals surface area (Å²) in [7, 11) is 0. The van der Waals surface area contributed by atoms with Gasteiger partial charge in [0.05, 0.1) is 6.10 Å². The highest BCUT2D eigenvalue weighted by atomic mass is 79.9. The van der Waals surface area contributed by atoms with E-state index in [-0.39, 0.29) is 0 Å². The van der Waals surface area contributed by atoms with Crippen LogP contribution in [0.5, 0.6) is 0 Å². The van der Waals surface area contributed by atoms with E-state index >= 15 is 0 Å². The Labute approximate surface area is 131 Å². The highest BCUT2D eigenvalue weighted by molar-refractivity contribution is 9.10. The fraction of sp³-hybridized carbons (Fsp3) is 0.500. The minimum Gasteiger partial charge on any atom is -0.398 e. The molecule has 0 aliphatic carbocycles. The lowest BCUT2D eigenvalue weighted by atomic mass is 10.1. The molecule has 0 amide bonds. The minimum absolute atomic E-state index is 0.325. The van der Waals surface area contributed by atoms with Crippen molar-refractivity contribution >= 4 is 21.6 Å². The molecular formula is C14H18BrN5O. The molecular weight excluding hydrogens is 334 g/mol. The van der Waals surface area contributed by atoms with Gasteiger partial charge in [0, 0.05) is 28.9 Å². The molecule has 112 valence electrons. The van der Waals surface area contributed by atoms with Crippen molar-refractivity contribution in [2.24, 2.45) is 0 Å². The van der Waals surface area contributed by atoms with Crippen LogP contribution in [0.15, 0.2) is 22.7 Å². The SMILES string of the molecule is Nc1cc(-c2nnnn2CCC2CCCCO2)ccc1Br. The van der Waals surface area contributed by atoms with Crippen molar-refractivity contribution in [3.63, 3.8) is 0 Å². The molecule has 2 heterocycles. The average Bonchev–Trinajstić information content (AvgIpc) is 2.97. The molecule has 0 radical (unpaired) electrons. The molecule has 0 spiro atoms. The summed E-state index contributed by atoms with van der Waals surface area (Å²) in [6, 6.07) is 5.75. The van der Waals surface area contributed by atoms with E-state index in [9.17, 15) is 0 Å². The first-order valence-electron chi connectivity index (χ1n) is 7.17. The number of rotatable bonds is 4. The number of ether oxygens (including phenoxy) is 1. The van der Waals surface area contributed by atoms with Crippen LogP contribution >= 0.6 is 15.9 Å². The van der Waals surface area contributed by atoms with Crippen molar-refractivity contribution in [2.45, 2.75) is 38.3 Å². The van der Waals surface area contributed by atoms with Gasteiger partial charge >= 0.3 is 0 Å². The van der Waals surface area contributed by atoms with Crippen LogP contribution < -0.4 is 5.73 Å². The first kappa shape index (κ1) is 14.5. The number of tetrazole rings is 1. The predicted molar refractivity (Wildman–Crippen MR) is 83.6 cm³/mol. The number of nitrogen functional groups attached to an aromatic ring is 1. The number of halogens is 1. The second-order valence-electron chi connectivity index (χ2n) is 5.24. The standard InChI is InChI=1S/C14H18BrN5O/c15-12-5-4-10(9-13(12)16)14-17-18-19-20(14)7-6-11-3-1-2-8-21-11/h4-5,9,11H,1-3,6-8,16H2. The number of anilines is 1. The van der Waals surface area contributed by atoms with Gasteiger partial charge in [-0.15, -0.1) is 5.10 Å². The third-order valence-electron chi connectivity index (χ3n) is 3.72. The topological polar surface area (TPSA) is 78.9 Å².